The monoisotopic (exact) mass is 232 g/mol. The summed E-state index contributed by atoms with van der Waals surface area (Å²) in [4.78, 5) is 19.8. The number of hydrogen-bond donors (Lipinski definition) is 2. The van der Waals surface area contributed by atoms with Crippen LogP contribution in [0.25, 0.3) is 10.8 Å². The highest BCUT2D eigenvalue weighted by atomic mass is 16.4. The molecule has 0 atom stereocenters. The first-order valence-corrected chi connectivity index (χ1v) is 4.93. The van der Waals surface area contributed by atoms with Crippen LogP contribution in [0, 0.1) is 0 Å². The Morgan fingerprint density at radius 1 is 0.941 bits per heavy atom. The molecule has 0 bridgehead atoms. The minimum absolute atomic E-state index is 0.359. The van der Waals surface area contributed by atoms with Gasteiger partial charge in [-0.05, 0) is 16.8 Å². The number of benzene rings is 2. The van der Waals surface area contributed by atoms with Crippen molar-refractivity contribution < 1.29 is 19.8 Å². The zero-order valence-corrected chi connectivity index (χ0v) is 9.25. The predicted octanol–water partition coefficient (Wildman–Crippen LogP) is 2.63. The molecule has 0 unspecified atom stereocenters. The second kappa shape index (κ2) is 5.65. The number of aliphatic carboxylic acids is 1. The van der Waals surface area contributed by atoms with E-state index in [1.54, 1.807) is 12.1 Å². The molecule has 4 nitrogen and oxygen atoms in total. The van der Waals surface area contributed by atoms with E-state index in [0.717, 1.165) is 17.7 Å². The Bertz CT molecular complexity index is 537. The molecular weight excluding hydrogens is 220 g/mol. The largest absolute Gasteiger partial charge is 0.481 e. The van der Waals surface area contributed by atoms with E-state index in [9.17, 15) is 4.79 Å². The van der Waals surface area contributed by atoms with Crippen molar-refractivity contribution in [3.05, 3.63) is 48.0 Å². The van der Waals surface area contributed by atoms with Crippen LogP contribution in [0.2, 0.25) is 0 Å². The predicted molar refractivity (Wildman–Crippen MR) is 64.2 cm³/mol. The van der Waals surface area contributed by atoms with Crippen LogP contribution >= 0.6 is 0 Å². The molecule has 4 heteroatoms. The highest BCUT2D eigenvalue weighted by Gasteiger charge is 2.05. The Morgan fingerprint density at radius 3 is 2.06 bits per heavy atom. The van der Waals surface area contributed by atoms with Crippen LogP contribution in [0.3, 0.4) is 0 Å². The van der Waals surface area contributed by atoms with Gasteiger partial charge in [0.1, 0.15) is 0 Å². The van der Waals surface area contributed by atoms with Crippen molar-refractivity contribution >= 4 is 22.7 Å². The van der Waals surface area contributed by atoms with Gasteiger partial charge in [0.15, 0.2) is 0 Å². The fourth-order valence-corrected chi connectivity index (χ4v) is 1.41. The number of carbonyl (C=O) groups is 2. The lowest BCUT2D eigenvalue weighted by molar-refractivity contribution is -0.134. The van der Waals surface area contributed by atoms with Crippen molar-refractivity contribution in [3.8, 4) is 0 Å². The molecule has 0 heterocycles. The topological polar surface area (TPSA) is 74.6 Å². The number of aromatic carboxylic acids is 1. The SMILES string of the molecule is CC(=O)O.O=C(O)c1cccc2ccccc12. The lowest BCUT2D eigenvalue weighted by atomic mass is 10.1. The van der Waals surface area contributed by atoms with Gasteiger partial charge in [0.05, 0.1) is 5.56 Å². The summed E-state index contributed by atoms with van der Waals surface area (Å²) < 4.78 is 0. The Morgan fingerprint density at radius 2 is 1.47 bits per heavy atom. The van der Waals surface area contributed by atoms with E-state index in [1.165, 1.54) is 0 Å². The lowest BCUT2D eigenvalue weighted by Gasteiger charge is -2.00. The van der Waals surface area contributed by atoms with Crippen molar-refractivity contribution in [2.45, 2.75) is 6.92 Å². The van der Waals surface area contributed by atoms with E-state index in [2.05, 4.69) is 0 Å². The van der Waals surface area contributed by atoms with E-state index in [4.69, 9.17) is 15.0 Å². The first-order valence-electron chi connectivity index (χ1n) is 4.93. The van der Waals surface area contributed by atoms with E-state index >= 15 is 0 Å². The van der Waals surface area contributed by atoms with Gasteiger partial charge < -0.3 is 10.2 Å². The van der Waals surface area contributed by atoms with Crippen LogP contribution in [0.15, 0.2) is 42.5 Å². The van der Waals surface area contributed by atoms with E-state index in [0.29, 0.717) is 5.56 Å². The standard InChI is InChI=1S/C11H8O2.C2H4O2/c12-11(13)10-7-3-5-8-4-1-2-6-9(8)10;1-2(3)4/h1-7H,(H,12,13);1H3,(H,3,4). The normalized spacial score (nSPS) is 9.24. The Kier molecular flexibility index (Phi) is 4.22. The summed E-state index contributed by atoms with van der Waals surface area (Å²) >= 11 is 0. The molecule has 0 radical (unpaired) electrons. The molecule has 0 aliphatic carbocycles. The number of fused-ring (bicyclic) bond motifs is 1. The van der Waals surface area contributed by atoms with Crippen LogP contribution in [0.4, 0.5) is 0 Å². The van der Waals surface area contributed by atoms with Crippen molar-refractivity contribution in [2.24, 2.45) is 0 Å². The second-order valence-electron chi connectivity index (χ2n) is 3.35. The smallest absolute Gasteiger partial charge is 0.336 e. The quantitative estimate of drug-likeness (QED) is 0.792. The molecule has 17 heavy (non-hydrogen) atoms. The Hall–Kier alpha value is -2.36. The lowest BCUT2D eigenvalue weighted by Crippen LogP contribution is -1.96. The zero-order chi connectivity index (χ0) is 12.8. The van der Waals surface area contributed by atoms with Crippen LogP contribution < -0.4 is 0 Å². The van der Waals surface area contributed by atoms with Crippen LogP contribution in [-0.2, 0) is 4.79 Å². The molecule has 0 saturated carbocycles. The molecule has 0 spiro atoms. The Balaban J connectivity index is 0.000000317. The molecule has 0 saturated heterocycles. The number of carboxylic acids is 2. The van der Waals surface area contributed by atoms with Gasteiger partial charge in [-0.25, -0.2) is 4.79 Å². The molecule has 0 aliphatic rings. The summed E-state index contributed by atoms with van der Waals surface area (Å²) in [5.74, 6) is -1.71. The van der Waals surface area contributed by atoms with Gasteiger partial charge in [0.2, 0.25) is 0 Å². The molecule has 2 rings (SSSR count). The molecule has 2 N–H and O–H groups in total. The number of hydrogen-bond acceptors (Lipinski definition) is 2. The first-order chi connectivity index (χ1) is 8.02. The maximum Gasteiger partial charge on any atom is 0.336 e. The molecule has 0 aromatic heterocycles. The summed E-state index contributed by atoms with van der Waals surface area (Å²) in [5, 5.41) is 18.0. The maximum atomic E-state index is 10.8. The number of carboxylic acid groups (broad SMARTS) is 2. The molecule has 0 amide bonds. The summed E-state index contributed by atoms with van der Waals surface area (Å²) in [6, 6.07) is 12.7. The minimum Gasteiger partial charge on any atom is -0.481 e. The molecule has 0 fully saturated rings. The van der Waals surface area contributed by atoms with Crippen molar-refractivity contribution in [3.63, 3.8) is 0 Å². The molecule has 2 aromatic carbocycles. The maximum absolute atomic E-state index is 10.8. The zero-order valence-electron chi connectivity index (χ0n) is 9.25. The Labute approximate surface area is 98.1 Å². The minimum atomic E-state index is -0.878. The second-order valence-corrected chi connectivity index (χ2v) is 3.35. The molecular formula is C13H12O4. The van der Waals surface area contributed by atoms with Gasteiger partial charge >= 0.3 is 5.97 Å². The van der Waals surface area contributed by atoms with Gasteiger partial charge in [-0.2, -0.15) is 0 Å². The van der Waals surface area contributed by atoms with E-state index in [-0.39, 0.29) is 0 Å². The third kappa shape index (κ3) is 3.61. The highest BCUT2D eigenvalue weighted by Crippen LogP contribution is 2.17. The average Bonchev–Trinajstić information content (AvgIpc) is 2.27. The summed E-state index contributed by atoms with van der Waals surface area (Å²) in [6.45, 7) is 1.08. The van der Waals surface area contributed by atoms with E-state index in [1.807, 2.05) is 30.3 Å². The molecule has 0 aliphatic heterocycles. The summed E-state index contributed by atoms with van der Waals surface area (Å²) in [6.07, 6.45) is 0. The number of rotatable bonds is 1. The van der Waals surface area contributed by atoms with Gasteiger partial charge in [0, 0.05) is 6.92 Å². The first kappa shape index (κ1) is 12.7. The van der Waals surface area contributed by atoms with Gasteiger partial charge in [-0.1, -0.05) is 36.4 Å². The van der Waals surface area contributed by atoms with Crippen LogP contribution in [0.1, 0.15) is 17.3 Å². The van der Waals surface area contributed by atoms with Gasteiger partial charge in [0.25, 0.3) is 5.97 Å². The summed E-state index contributed by atoms with van der Waals surface area (Å²) in [7, 11) is 0. The fourth-order valence-electron chi connectivity index (χ4n) is 1.41. The van der Waals surface area contributed by atoms with Crippen LogP contribution in [0.5, 0.6) is 0 Å². The average molecular weight is 232 g/mol. The van der Waals surface area contributed by atoms with Crippen molar-refractivity contribution in [2.75, 3.05) is 0 Å². The molecule has 88 valence electrons. The van der Waals surface area contributed by atoms with Crippen molar-refractivity contribution in [1.29, 1.82) is 0 Å². The van der Waals surface area contributed by atoms with Gasteiger partial charge in [-0.15, -0.1) is 0 Å². The third-order valence-electron chi connectivity index (χ3n) is 2.02. The van der Waals surface area contributed by atoms with E-state index < -0.39 is 11.9 Å². The summed E-state index contributed by atoms with van der Waals surface area (Å²) in [5.41, 5.74) is 0.359. The van der Waals surface area contributed by atoms with Crippen molar-refractivity contribution in [1.82, 2.24) is 0 Å². The fraction of sp³-hybridized carbons (Fsp3) is 0.0769. The van der Waals surface area contributed by atoms with Gasteiger partial charge in [-0.3, -0.25) is 4.79 Å². The molecule has 2 aromatic rings. The highest BCUT2D eigenvalue weighted by molar-refractivity contribution is 6.03. The third-order valence-corrected chi connectivity index (χ3v) is 2.02. The van der Waals surface area contributed by atoms with Crippen LogP contribution in [-0.4, -0.2) is 22.2 Å².